The molecule has 3 N–H and O–H groups in total. The van der Waals surface area contributed by atoms with Gasteiger partial charge in [0.25, 0.3) is 11.8 Å². The summed E-state index contributed by atoms with van der Waals surface area (Å²) in [7, 11) is 3.06. The van der Waals surface area contributed by atoms with Gasteiger partial charge in [-0.15, -0.1) is 0 Å². The van der Waals surface area contributed by atoms with Gasteiger partial charge in [-0.05, 0) is 35.9 Å². The number of H-pyrrole nitrogens is 1. The highest BCUT2D eigenvalue weighted by molar-refractivity contribution is 8.26. The van der Waals surface area contributed by atoms with Crippen molar-refractivity contribution in [2.24, 2.45) is 0 Å². The number of hydrazine groups is 1. The second kappa shape index (κ2) is 11.5. The number of carbonyl (C=O) groups is 3. The number of hydrogen-bond acceptors (Lipinski definition) is 9. The molecule has 0 atom stereocenters. The molecule has 2 heterocycles. The lowest BCUT2D eigenvalue weighted by Crippen LogP contribution is -2.47. The topological polar surface area (TPSA) is 126 Å². The first kappa shape index (κ1) is 25.5. The third kappa shape index (κ3) is 5.98. The number of imidazole rings is 1. The highest BCUT2D eigenvalue weighted by Gasteiger charge is 2.33. The fourth-order valence-corrected chi connectivity index (χ4v) is 5.16. The van der Waals surface area contributed by atoms with Gasteiger partial charge in [0.05, 0.1) is 35.9 Å². The summed E-state index contributed by atoms with van der Waals surface area (Å²) in [6.45, 7) is -0.328. The van der Waals surface area contributed by atoms with Crippen LogP contribution in [0.15, 0.2) is 52.5 Å². The lowest BCUT2D eigenvalue weighted by molar-refractivity contribution is -0.131. The maximum Gasteiger partial charge on any atom is 0.266 e. The van der Waals surface area contributed by atoms with Gasteiger partial charge in [0.1, 0.15) is 10.9 Å². The number of aromatic amines is 1. The second-order valence-electron chi connectivity index (χ2n) is 7.33. The summed E-state index contributed by atoms with van der Waals surface area (Å²) in [5.41, 5.74) is 7.04. The minimum absolute atomic E-state index is 0.0369. The zero-order valence-electron chi connectivity index (χ0n) is 19.2. The Morgan fingerprint density at radius 2 is 1.89 bits per heavy atom. The first-order valence-electron chi connectivity index (χ1n) is 10.5. The zero-order chi connectivity index (χ0) is 25.7. The van der Waals surface area contributed by atoms with E-state index in [1.54, 1.807) is 24.3 Å². The van der Waals surface area contributed by atoms with E-state index in [-0.39, 0.29) is 16.6 Å². The van der Waals surface area contributed by atoms with Crippen LogP contribution >= 0.6 is 35.7 Å². The van der Waals surface area contributed by atoms with Crippen LogP contribution in [0.5, 0.6) is 11.5 Å². The predicted molar refractivity (Wildman–Crippen MR) is 143 cm³/mol. The van der Waals surface area contributed by atoms with E-state index in [0.29, 0.717) is 27.1 Å². The lowest BCUT2D eigenvalue weighted by Gasteiger charge is -2.14. The molecular weight excluding hydrogens is 522 g/mol. The summed E-state index contributed by atoms with van der Waals surface area (Å²) in [6, 6.07) is 12.8. The number of aromatic nitrogens is 2. The molecule has 1 aromatic heterocycles. The van der Waals surface area contributed by atoms with Gasteiger partial charge in [-0.2, -0.15) is 0 Å². The van der Waals surface area contributed by atoms with Gasteiger partial charge < -0.3 is 14.5 Å². The van der Waals surface area contributed by atoms with Crippen LogP contribution in [0.4, 0.5) is 0 Å². The van der Waals surface area contributed by atoms with Gasteiger partial charge in [0.15, 0.2) is 16.7 Å². The minimum Gasteiger partial charge on any atom is -0.493 e. The van der Waals surface area contributed by atoms with E-state index in [1.165, 1.54) is 30.9 Å². The molecule has 0 unspecified atom stereocenters. The molecule has 1 saturated heterocycles. The Morgan fingerprint density at radius 3 is 2.64 bits per heavy atom. The lowest BCUT2D eigenvalue weighted by atomic mass is 10.2. The summed E-state index contributed by atoms with van der Waals surface area (Å²) in [5, 5.41) is 0.594. The number of methoxy groups -OCH3 is 2. The quantitative estimate of drug-likeness (QED) is 0.170. The van der Waals surface area contributed by atoms with Gasteiger partial charge in [-0.25, -0.2) is 4.98 Å². The molecular formula is C23H21N5O5S3. The van der Waals surface area contributed by atoms with Crippen molar-refractivity contribution < 1.29 is 23.9 Å². The van der Waals surface area contributed by atoms with Crippen LogP contribution < -0.4 is 20.3 Å². The zero-order valence-corrected chi connectivity index (χ0v) is 21.6. The largest absolute Gasteiger partial charge is 0.493 e. The number of para-hydroxylation sites is 2. The number of rotatable bonds is 8. The van der Waals surface area contributed by atoms with Crippen molar-refractivity contribution >= 4 is 74.9 Å². The molecule has 3 amide bonds. The van der Waals surface area contributed by atoms with Crippen LogP contribution in [-0.2, 0) is 14.4 Å². The fourth-order valence-electron chi connectivity index (χ4n) is 3.22. The Balaban J connectivity index is 1.28. The van der Waals surface area contributed by atoms with Crippen molar-refractivity contribution in [2.45, 2.75) is 5.16 Å². The second-order valence-corrected chi connectivity index (χ2v) is 9.97. The van der Waals surface area contributed by atoms with Crippen LogP contribution in [0.2, 0.25) is 0 Å². The third-order valence-electron chi connectivity index (χ3n) is 4.93. The Bertz CT molecular complexity index is 1340. The van der Waals surface area contributed by atoms with Crippen LogP contribution in [-0.4, -0.2) is 63.4 Å². The molecule has 0 saturated carbocycles. The van der Waals surface area contributed by atoms with Gasteiger partial charge in [0, 0.05) is 0 Å². The molecule has 3 aromatic rings. The molecule has 1 fully saturated rings. The molecule has 1 aliphatic heterocycles. The van der Waals surface area contributed by atoms with E-state index in [4.69, 9.17) is 21.7 Å². The van der Waals surface area contributed by atoms with Crippen LogP contribution in [0.25, 0.3) is 17.1 Å². The van der Waals surface area contributed by atoms with E-state index in [9.17, 15) is 14.4 Å². The maximum atomic E-state index is 12.8. The molecule has 2 aromatic carbocycles. The molecule has 36 heavy (non-hydrogen) atoms. The number of nitrogens with zero attached hydrogens (tertiary/aromatic N) is 2. The minimum atomic E-state index is -0.583. The van der Waals surface area contributed by atoms with Crippen LogP contribution in [0.3, 0.4) is 0 Å². The SMILES string of the molecule is COc1ccc(C=C2SC(=S)N(CC(=O)NNC(=O)CSc3nc4ccccc4[nH]3)C2=O)cc1OC. The number of benzene rings is 2. The summed E-state index contributed by atoms with van der Waals surface area (Å²) in [6.07, 6.45) is 1.66. The van der Waals surface area contributed by atoms with E-state index < -0.39 is 17.7 Å². The number of thiocarbonyl (C=S) groups is 1. The number of nitrogens with one attached hydrogen (secondary N) is 3. The van der Waals surface area contributed by atoms with E-state index in [0.717, 1.165) is 22.8 Å². The van der Waals surface area contributed by atoms with Crippen LogP contribution in [0, 0.1) is 0 Å². The van der Waals surface area contributed by atoms with Crippen molar-refractivity contribution in [2.75, 3.05) is 26.5 Å². The monoisotopic (exact) mass is 543 g/mol. The van der Waals surface area contributed by atoms with Crippen molar-refractivity contribution in [3.05, 3.63) is 52.9 Å². The molecule has 1 aliphatic rings. The number of ether oxygens (including phenoxy) is 2. The standard InChI is InChI=1S/C23H21N5O5S3/c1-32-16-8-7-13(9-17(16)33-2)10-18-21(31)28(23(34)36-18)11-19(29)26-27-20(30)12-35-22-24-14-5-3-4-6-15(14)25-22/h3-10H,11-12H2,1-2H3,(H,24,25)(H,26,29)(H,27,30). The molecule has 0 radical (unpaired) electrons. The summed E-state index contributed by atoms with van der Waals surface area (Å²) in [5.74, 6) is -0.280. The summed E-state index contributed by atoms with van der Waals surface area (Å²) < 4.78 is 10.8. The number of amides is 3. The molecule has 186 valence electrons. The van der Waals surface area contributed by atoms with Gasteiger partial charge in [0.2, 0.25) is 5.91 Å². The molecule has 4 rings (SSSR count). The van der Waals surface area contributed by atoms with Crippen molar-refractivity contribution in [3.8, 4) is 11.5 Å². The number of hydrogen-bond donors (Lipinski definition) is 3. The van der Waals surface area contributed by atoms with Crippen molar-refractivity contribution in [3.63, 3.8) is 0 Å². The van der Waals surface area contributed by atoms with E-state index in [1.807, 2.05) is 24.3 Å². The summed E-state index contributed by atoms with van der Waals surface area (Å²) in [4.78, 5) is 46.3. The first-order valence-corrected chi connectivity index (χ1v) is 12.7. The Kier molecular flexibility index (Phi) is 8.13. The van der Waals surface area contributed by atoms with Crippen molar-refractivity contribution in [1.29, 1.82) is 0 Å². The average Bonchev–Trinajstić information content (AvgIpc) is 3.41. The molecule has 0 bridgehead atoms. The van der Waals surface area contributed by atoms with E-state index in [2.05, 4.69) is 20.8 Å². The Labute approximate surface area is 220 Å². The van der Waals surface area contributed by atoms with Gasteiger partial charge in [-0.3, -0.25) is 30.1 Å². The number of thioether (sulfide) groups is 2. The van der Waals surface area contributed by atoms with Gasteiger partial charge in [-0.1, -0.05) is 53.9 Å². The molecule has 13 heteroatoms. The number of fused-ring (bicyclic) bond motifs is 1. The molecule has 10 nitrogen and oxygen atoms in total. The highest BCUT2D eigenvalue weighted by atomic mass is 32.2. The average molecular weight is 544 g/mol. The Hall–Kier alpha value is -3.55. The van der Waals surface area contributed by atoms with E-state index >= 15 is 0 Å². The molecule has 0 spiro atoms. The van der Waals surface area contributed by atoms with Crippen LogP contribution in [0.1, 0.15) is 5.56 Å². The first-order chi connectivity index (χ1) is 17.4. The predicted octanol–water partition coefficient (Wildman–Crippen LogP) is 2.72. The third-order valence-corrected chi connectivity index (χ3v) is 7.18. The normalized spacial score (nSPS) is 14.4. The fraction of sp³-hybridized carbons (Fsp3) is 0.174. The smallest absolute Gasteiger partial charge is 0.266 e. The highest BCUT2D eigenvalue weighted by Crippen LogP contribution is 2.34. The Morgan fingerprint density at radius 1 is 1.14 bits per heavy atom. The van der Waals surface area contributed by atoms with Crippen molar-refractivity contribution in [1.82, 2.24) is 25.7 Å². The molecule has 0 aliphatic carbocycles. The maximum absolute atomic E-state index is 12.8. The summed E-state index contributed by atoms with van der Waals surface area (Å²) >= 11 is 7.57. The number of carbonyl (C=O) groups excluding carboxylic acids is 3. The van der Waals surface area contributed by atoms with Gasteiger partial charge >= 0.3 is 0 Å².